The zero-order valence-electron chi connectivity index (χ0n) is 9.38. The molecule has 1 aliphatic heterocycles. The molecule has 16 heavy (non-hydrogen) atoms. The first kappa shape index (κ1) is 11.5. The molecule has 0 N–H and O–H groups in total. The molecule has 1 fully saturated rings. The van der Waals surface area contributed by atoms with Gasteiger partial charge in [-0.15, -0.1) is 0 Å². The molecule has 0 aliphatic carbocycles. The molecule has 90 valence electrons. The van der Waals surface area contributed by atoms with Crippen molar-refractivity contribution in [2.75, 3.05) is 19.3 Å². The van der Waals surface area contributed by atoms with Gasteiger partial charge in [-0.05, 0) is 19.8 Å². The maximum absolute atomic E-state index is 11.3. The zero-order chi connectivity index (χ0) is 11.8. The molecule has 0 spiro atoms. The smallest absolute Gasteiger partial charge is 0.229 e. The van der Waals surface area contributed by atoms with E-state index in [4.69, 9.17) is 4.52 Å². The van der Waals surface area contributed by atoms with Crippen molar-refractivity contribution in [2.45, 2.75) is 25.7 Å². The Morgan fingerprint density at radius 1 is 1.38 bits per heavy atom. The fraction of sp³-hybridized carbons (Fsp3) is 0.778. The monoisotopic (exact) mass is 245 g/mol. The minimum atomic E-state index is -3.06. The van der Waals surface area contributed by atoms with Gasteiger partial charge >= 0.3 is 0 Å². The molecule has 1 aliphatic rings. The fourth-order valence-electron chi connectivity index (χ4n) is 1.91. The van der Waals surface area contributed by atoms with Crippen molar-refractivity contribution in [3.8, 4) is 0 Å². The predicted molar refractivity (Wildman–Crippen MR) is 57.4 cm³/mol. The van der Waals surface area contributed by atoms with Crippen molar-refractivity contribution in [2.24, 2.45) is 0 Å². The van der Waals surface area contributed by atoms with Crippen LogP contribution in [0.25, 0.3) is 0 Å². The Labute approximate surface area is 94.7 Å². The standard InChI is InChI=1S/C9H15N3O3S/c1-7-10-9(15-11-7)8-3-5-12(6-4-8)16(2,13)14/h8H,3-6H2,1-2H3. The van der Waals surface area contributed by atoms with Gasteiger partial charge < -0.3 is 4.52 Å². The number of piperidine rings is 1. The van der Waals surface area contributed by atoms with E-state index >= 15 is 0 Å². The molecule has 1 saturated heterocycles. The Kier molecular flexibility index (Phi) is 2.98. The van der Waals surface area contributed by atoms with Gasteiger partial charge in [0.25, 0.3) is 0 Å². The number of hydrogen-bond acceptors (Lipinski definition) is 5. The van der Waals surface area contributed by atoms with Crippen molar-refractivity contribution in [3.63, 3.8) is 0 Å². The van der Waals surface area contributed by atoms with E-state index in [-0.39, 0.29) is 5.92 Å². The van der Waals surface area contributed by atoms with Gasteiger partial charge in [0, 0.05) is 19.0 Å². The van der Waals surface area contributed by atoms with Crippen LogP contribution >= 0.6 is 0 Å². The molecular weight excluding hydrogens is 230 g/mol. The first-order valence-electron chi connectivity index (χ1n) is 5.22. The van der Waals surface area contributed by atoms with E-state index in [0.717, 1.165) is 12.8 Å². The SMILES string of the molecule is Cc1noc(C2CCN(S(C)(=O)=O)CC2)n1. The van der Waals surface area contributed by atoms with E-state index in [1.165, 1.54) is 10.6 Å². The average Bonchev–Trinajstić information content (AvgIpc) is 2.64. The summed E-state index contributed by atoms with van der Waals surface area (Å²) in [4.78, 5) is 4.18. The molecule has 2 rings (SSSR count). The summed E-state index contributed by atoms with van der Waals surface area (Å²) in [5, 5.41) is 3.74. The van der Waals surface area contributed by atoms with Crippen molar-refractivity contribution in [3.05, 3.63) is 11.7 Å². The maximum Gasteiger partial charge on any atom is 0.229 e. The van der Waals surface area contributed by atoms with Crippen LogP contribution in [0.1, 0.15) is 30.5 Å². The van der Waals surface area contributed by atoms with Crippen LogP contribution in [0.3, 0.4) is 0 Å². The summed E-state index contributed by atoms with van der Waals surface area (Å²) in [5.74, 6) is 1.45. The molecule has 0 aromatic carbocycles. The fourth-order valence-corrected chi connectivity index (χ4v) is 2.79. The van der Waals surface area contributed by atoms with Gasteiger partial charge in [-0.25, -0.2) is 12.7 Å². The maximum atomic E-state index is 11.3. The van der Waals surface area contributed by atoms with Crippen molar-refractivity contribution in [1.82, 2.24) is 14.4 Å². The lowest BCUT2D eigenvalue weighted by Gasteiger charge is -2.28. The van der Waals surface area contributed by atoms with E-state index in [9.17, 15) is 8.42 Å². The molecule has 0 unspecified atom stereocenters. The molecule has 7 heteroatoms. The van der Waals surface area contributed by atoms with E-state index in [0.29, 0.717) is 24.8 Å². The lowest BCUT2D eigenvalue weighted by atomic mass is 9.98. The lowest BCUT2D eigenvalue weighted by molar-refractivity contribution is 0.271. The van der Waals surface area contributed by atoms with Gasteiger partial charge in [0.15, 0.2) is 5.82 Å². The summed E-state index contributed by atoms with van der Waals surface area (Å²) in [6.07, 6.45) is 2.73. The quantitative estimate of drug-likeness (QED) is 0.759. The number of aromatic nitrogens is 2. The second-order valence-electron chi connectivity index (χ2n) is 4.12. The molecule has 0 radical (unpaired) electrons. The van der Waals surface area contributed by atoms with Crippen LogP contribution in [0, 0.1) is 6.92 Å². The highest BCUT2D eigenvalue weighted by Crippen LogP contribution is 2.27. The van der Waals surface area contributed by atoms with Crippen LogP contribution in [-0.4, -0.2) is 42.2 Å². The molecular formula is C9H15N3O3S. The minimum absolute atomic E-state index is 0.194. The van der Waals surface area contributed by atoms with Gasteiger partial charge in [-0.3, -0.25) is 0 Å². The molecule has 6 nitrogen and oxygen atoms in total. The summed E-state index contributed by atoms with van der Waals surface area (Å²) in [7, 11) is -3.06. The van der Waals surface area contributed by atoms with Gasteiger partial charge in [-0.1, -0.05) is 5.16 Å². The summed E-state index contributed by atoms with van der Waals surface area (Å²) in [6, 6.07) is 0. The first-order valence-corrected chi connectivity index (χ1v) is 7.07. The number of sulfonamides is 1. The topological polar surface area (TPSA) is 76.3 Å². The first-order chi connectivity index (χ1) is 7.47. The third-order valence-electron chi connectivity index (χ3n) is 2.82. The second-order valence-corrected chi connectivity index (χ2v) is 6.10. The van der Waals surface area contributed by atoms with E-state index in [2.05, 4.69) is 10.1 Å². The van der Waals surface area contributed by atoms with Crippen molar-refractivity contribution >= 4 is 10.0 Å². The lowest BCUT2D eigenvalue weighted by Crippen LogP contribution is -2.37. The Morgan fingerprint density at radius 2 is 2.00 bits per heavy atom. The van der Waals surface area contributed by atoms with Gasteiger partial charge in [0.2, 0.25) is 15.9 Å². The Morgan fingerprint density at radius 3 is 2.44 bits per heavy atom. The van der Waals surface area contributed by atoms with Crippen molar-refractivity contribution < 1.29 is 12.9 Å². The zero-order valence-corrected chi connectivity index (χ0v) is 10.2. The van der Waals surface area contributed by atoms with Crippen LogP contribution < -0.4 is 0 Å². The number of aryl methyl sites for hydroxylation is 1. The highest BCUT2D eigenvalue weighted by atomic mass is 32.2. The molecule has 0 saturated carbocycles. The molecule has 2 heterocycles. The number of nitrogens with zero attached hydrogens (tertiary/aromatic N) is 3. The van der Waals surface area contributed by atoms with Crippen LogP contribution in [0.4, 0.5) is 0 Å². The van der Waals surface area contributed by atoms with Gasteiger partial charge in [-0.2, -0.15) is 4.98 Å². The van der Waals surface area contributed by atoms with E-state index < -0.39 is 10.0 Å². The summed E-state index contributed by atoms with van der Waals surface area (Å²) >= 11 is 0. The number of rotatable bonds is 2. The molecule has 1 aromatic heterocycles. The van der Waals surface area contributed by atoms with Crippen LogP contribution in [0.15, 0.2) is 4.52 Å². The molecule has 0 amide bonds. The van der Waals surface area contributed by atoms with Crippen molar-refractivity contribution in [1.29, 1.82) is 0 Å². The summed E-state index contributed by atoms with van der Waals surface area (Å²) in [5.41, 5.74) is 0. The highest BCUT2D eigenvalue weighted by molar-refractivity contribution is 7.88. The van der Waals surface area contributed by atoms with Crippen LogP contribution in [-0.2, 0) is 10.0 Å². The Bertz CT molecular complexity index is 460. The third kappa shape index (κ3) is 2.41. The Hall–Kier alpha value is -0.950. The number of hydrogen-bond donors (Lipinski definition) is 0. The molecule has 1 aromatic rings. The molecule has 0 bridgehead atoms. The van der Waals surface area contributed by atoms with E-state index in [1.807, 2.05) is 0 Å². The average molecular weight is 245 g/mol. The third-order valence-corrected chi connectivity index (χ3v) is 4.12. The van der Waals surface area contributed by atoms with Gasteiger partial charge in [0.1, 0.15) is 0 Å². The summed E-state index contributed by atoms with van der Waals surface area (Å²) in [6.45, 7) is 2.84. The van der Waals surface area contributed by atoms with Crippen LogP contribution in [0.5, 0.6) is 0 Å². The normalized spacial score (nSPS) is 20.1. The van der Waals surface area contributed by atoms with Gasteiger partial charge in [0.05, 0.1) is 6.26 Å². The van der Waals surface area contributed by atoms with Crippen LogP contribution in [0.2, 0.25) is 0 Å². The Balaban J connectivity index is 2.00. The largest absolute Gasteiger partial charge is 0.339 e. The summed E-state index contributed by atoms with van der Waals surface area (Å²) < 4.78 is 29.2. The van der Waals surface area contributed by atoms with E-state index in [1.54, 1.807) is 6.92 Å². The predicted octanol–water partition coefficient (Wildman–Crippen LogP) is 0.517. The highest BCUT2D eigenvalue weighted by Gasteiger charge is 2.28. The second kappa shape index (κ2) is 4.14. The molecule has 0 atom stereocenters. The minimum Gasteiger partial charge on any atom is -0.339 e.